The van der Waals surface area contributed by atoms with Crippen LogP contribution in [0.5, 0.6) is 0 Å². The maximum Gasteiger partial charge on any atom is 0.110 e. The molecule has 1 fully saturated rings. The van der Waals surface area contributed by atoms with Crippen molar-refractivity contribution in [3.05, 3.63) is 72.2 Å². The second-order valence-corrected chi connectivity index (χ2v) is 7.96. The maximum atomic E-state index is 4.84. The molecule has 0 aliphatic heterocycles. The molecule has 27 heavy (non-hydrogen) atoms. The summed E-state index contributed by atoms with van der Waals surface area (Å²) in [6.07, 6.45) is 7.01. The van der Waals surface area contributed by atoms with Gasteiger partial charge in [-0.25, -0.2) is 4.98 Å². The molecule has 5 rings (SSSR count). The molecule has 136 valence electrons. The number of pyridine rings is 1. The van der Waals surface area contributed by atoms with Crippen molar-refractivity contribution in [3.8, 4) is 0 Å². The number of fused-ring (bicyclic) bond motifs is 2. The minimum absolute atomic E-state index is 0.479. The van der Waals surface area contributed by atoms with Crippen molar-refractivity contribution >= 4 is 21.9 Å². The summed E-state index contributed by atoms with van der Waals surface area (Å²) in [7, 11) is 0. The zero-order valence-electron chi connectivity index (χ0n) is 15.7. The van der Waals surface area contributed by atoms with E-state index in [9.17, 15) is 0 Å². The van der Waals surface area contributed by atoms with Crippen LogP contribution < -0.4 is 0 Å². The van der Waals surface area contributed by atoms with Gasteiger partial charge in [-0.05, 0) is 67.3 Å². The highest BCUT2D eigenvalue weighted by Gasteiger charge is 2.29. The first kappa shape index (κ1) is 16.5. The van der Waals surface area contributed by atoms with Crippen LogP contribution in [0.1, 0.15) is 55.8 Å². The predicted octanol–water partition coefficient (Wildman–Crippen LogP) is 6.19. The van der Waals surface area contributed by atoms with Gasteiger partial charge < -0.3 is 4.98 Å². The van der Waals surface area contributed by atoms with Gasteiger partial charge in [0.15, 0.2) is 0 Å². The molecular formula is C24H25N3. The van der Waals surface area contributed by atoms with E-state index in [1.165, 1.54) is 36.6 Å². The minimum Gasteiger partial charge on any atom is -0.342 e. The summed E-state index contributed by atoms with van der Waals surface area (Å²) < 4.78 is 0. The lowest BCUT2D eigenvalue weighted by molar-refractivity contribution is 0.286. The Morgan fingerprint density at radius 1 is 0.889 bits per heavy atom. The number of hydrogen-bond acceptors (Lipinski definition) is 2. The highest BCUT2D eigenvalue weighted by atomic mass is 14.9. The number of aromatic nitrogens is 3. The molecule has 0 saturated heterocycles. The fourth-order valence-corrected chi connectivity index (χ4v) is 4.82. The molecule has 1 aliphatic rings. The third-order valence-corrected chi connectivity index (χ3v) is 6.44. The second kappa shape index (κ2) is 6.80. The first-order chi connectivity index (χ1) is 13.3. The van der Waals surface area contributed by atoms with Crippen molar-refractivity contribution < 1.29 is 0 Å². The average molecular weight is 355 g/mol. The predicted molar refractivity (Wildman–Crippen MR) is 111 cm³/mol. The van der Waals surface area contributed by atoms with E-state index in [0.717, 1.165) is 22.4 Å². The van der Waals surface area contributed by atoms with Crippen molar-refractivity contribution in [2.45, 2.75) is 44.4 Å². The van der Waals surface area contributed by atoms with Gasteiger partial charge in [0.2, 0.25) is 0 Å². The first-order valence-electron chi connectivity index (χ1n) is 10.1. The van der Waals surface area contributed by atoms with Crippen LogP contribution in [0.2, 0.25) is 0 Å². The van der Waals surface area contributed by atoms with E-state index in [1.807, 2.05) is 6.20 Å². The lowest BCUT2D eigenvalue weighted by Gasteiger charge is -2.32. The van der Waals surface area contributed by atoms with Gasteiger partial charge in [-0.2, -0.15) is 0 Å². The van der Waals surface area contributed by atoms with Crippen LogP contribution in [0, 0.1) is 5.92 Å². The molecule has 2 aromatic carbocycles. The molecule has 1 atom stereocenters. The average Bonchev–Trinajstić information content (AvgIpc) is 3.17. The Bertz CT molecular complexity index is 1030. The van der Waals surface area contributed by atoms with Crippen molar-refractivity contribution in [3.63, 3.8) is 0 Å². The van der Waals surface area contributed by atoms with E-state index in [2.05, 4.69) is 71.5 Å². The third kappa shape index (κ3) is 3.01. The number of benzene rings is 2. The molecule has 1 N–H and O–H groups in total. The van der Waals surface area contributed by atoms with Gasteiger partial charge in [0.05, 0.1) is 16.6 Å². The molecule has 0 bridgehead atoms. The molecule has 1 aliphatic carbocycles. The van der Waals surface area contributed by atoms with Crippen molar-refractivity contribution in [2.24, 2.45) is 5.92 Å². The molecular weight excluding hydrogens is 330 g/mol. The molecule has 3 heteroatoms. The van der Waals surface area contributed by atoms with Crippen molar-refractivity contribution in [2.75, 3.05) is 0 Å². The number of aromatic amines is 1. The number of nitrogens with one attached hydrogen (secondary N) is 1. The molecule has 0 spiro atoms. The number of imidazole rings is 1. The molecule has 0 radical (unpaired) electrons. The third-order valence-electron chi connectivity index (χ3n) is 6.44. The summed E-state index contributed by atoms with van der Waals surface area (Å²) in [5.41, 5.74) is 4.83. The van der Waals surface area contributed by atoms with Crippen LogP contribution >= 0.6 is 0 Å². The Balaban J connectivity index is 1.33. The molecule has 3 nitrogen and oxygen atoms in total. The molecule has 1 saturated carbocycles. The van der Waals surface area contributed by atoms with Crippen LogP contribution in [0.25, 0.3) is 21.9 Å². The van der Waals surface area contributed by atoms with E-state index in [4.69, 9.17) is 4.98 Å². The Morgan fingerprint density at radius 3 is 2.44 bits per heavy atom. The number of rotatable bonds is 3. The van der Waals surface area contributed by atoms with Gasteiger partial charge in [0.1, 0.15) is 5.82 Å². The topological polar surface area (TPSA) is 41.6 Å². The fourth-order valence-electron chi connectivity index (χ4n) is 4.82. The summed E-state index contributed by atoms with van der Waals surface area (Å²) in [5, 5.41) is 1.33. The van der Waals surface area contributed by atoms with E-state index in [0.29, 0.717) is 17.8 Å². The summed E-state index contributed by atoms with van der Waals surface area (Å²) in [4.78, 5) is 12.9. The number of para-hydroxylation sites is 3. The van der Waals surface area contributed by atoms with Crippen molar-refractivity contribution in [1.82, 2.24) is 15.0 Å². The van der Waals surface area contributed by atoms with E-state index in [1.54, 1.807) is 0 Å². The van der Waals surface area contributed by atoms with Gasteiger partial charge >= 0.3 is 0 Å². The molecule has 2 heterocycles. The fraction of sp³-hybridized carbons (Fsp3) is 0.333. The van der Waals surface area contributed by atoms with Gasteiger partial charge in [-0.15, -0.1) is 0 Å². The largest absolute Gasteiger partial charge is 0.342 e. The Labute approximate surface area is 159 Å². The molecule has 4 aromatic rings. The van der Waals surface area contributed by atoms with Gasteiger partial charge in [-0.3, -0.25) is 4.98 Å². The Kier molecular flexibility index (Phi) is 4.16. The van der Waals surface area contributed by atoms with E-state index < -0.39 is 0 Å². The second-order valence-electron chi connectivity index (χ2n) is 7.96. The molecule has 2 aromatic heterocycles. The highest BCUT2D eigenvalue weighted by molar-refractivity contribution is 5.82. The SMILES string of the molecule is C[C@@H](c1nc2ccccc2[nH]1)[C@H]1CC[C@H](c2ccnc3ccccc32)CC1. The Morgan fingerprint density at radius 2 is 1.63 bits per heavy atom. The van der Waals surface area contributed by atoms with Crippen LogP contribution in [0.4, 0.5) is 0 Å². The zero-order chi connectivity index (χ0) is 18.2. The van der Waals surface area contributed by atoms with Gasteiger partial charge in [-0.1, -0.05) is 37.3 Å². The lowest BCUT2D eigenvalue weighted by atomic mass is 9.73. The van der Waals surface area contributed by atoms with E-state index >= 15 is 0 Å². The zero-order valence-corrected chi connectivity index (χ0v) is 15.7. The standard InChI is InChI=1S/C24H25N3/c1-16(24-26-22-8-4-5-9-23(22)27-24)17-10-12-18(13-11-17)19-14-15-25-21-7-3-2-6-20(19)21/h2-9,14-18H,10-13H2,1H3,(H,26,27)/t16-,17-,18-/m1/s1. The quantitative estimate of drug-likeness (QED) is 0.476. The van der Waals surface area contributed by atoms with Crippen LogP contribution in [0.15, 0.2) is 60.8 Å². The normalized spacial score (nSPS) is 21.5. The van der Waals surface area contributed by atoms with Gasteiger partial charge in [0.25, 0.3) is 0 Å². The summed E-state index contributed by atoms with van der Waals surface area (Å²) in [6, 6.07) is 19.1. The van der Waals surface area contributed by atoms with Crippen LogP contribution in [-0.4, -0.2) is 15.0 Å². The lowest BCUT2D eigenvalue weighted by Crippen LogP contribution is -2.19. The first-order valence-corrected chi connectivity index (χ1v) is 10.1. The Hall–Kier alpha value is -2.68. The van der Waals surface area contributed by atoms with Crippen molar-refractivity contribution in [1.29, 1.82) is 0 Å². The van der Waals surface area contributed by atoms with Crippen LogP contribution in [0.3, 0.4) is 0 Å². The van der Waals surface area contributed by atoms with Gasteiger partial charge in [0, 0.05) is 17.5 Å². The summed E-state index contributed by atoms with van der Waals surface area (Å²) >= 11 is 0. The van der Waals surface area contributed by atoms with Crippen LogP contribution in [-0.2, 0) is 0 Å². The summed E-state index contributed by atoms with van der Waals surface area (Å²) in [5.74, 6) is 2.98. The maximum absolute atomic E-state index is 4.84. The number of H-pyrrole nitrogens is 1. The molecule has 0 unspecified atom stereocenters. The number of hydrogen-bond donors (Lipinski definition) is 1. The number of nitrogens with zero attached hydrogens (tertiary/aromatic N) is 2. The molecule has 0 amide bonds. The van der Waals surface area contributed by atoms with E-state index in [-0.39, 0.29) is 0 Å². The minimum atomic E-state index is 0.479. The monoisotopic (exact) mass is 355 g/mol. The highest BCUT2D eigenvalue weighted by Crippen LogP contribution is 2.42. The summed E-state index contributed by atoms with van der Waals surface area (Å²) in [6.45, 7) is 2.34. The smallest absolute Gasteiger partial charge is 0.110 e.